The summed E-state index contributed by atoms with van der Waals surface area (Å²) in [4.78, 5) is 17.7. The van der Waals surface area contributed by atoms with Crippen LogP contribution in [0.1, 0.15) is 30.1 Å². The number of hydrogen-bond acceptors (Lipinski definition) is 4. The molecule has 0 radical (unpaired) electrons. The lowest BCUT2D eigenvalue weighted by Gasteiger charge is -2.35. The molecule has 1 N–H and O–H groups in total. The third kappa shape index (κ3) is 2.43. The first-order chi connectivity index (χ1) is 8.54. The van der Waals surface area contributed by atoms with Gasteiger partial charge < -0.3 is 10.0 Å². The minimum Gasteiger partial charge on any atom is -0.506 e. The number of aromatic hydroxyl groups is 1. The van der Waals surface area contributed by atoms with Crippen molar-refractivity contribution in [2.45, 2.75) is 19.8 Å². The lowest BCUT2D eigenvalue weighted by Crippen LogP contribution is -2.44. The van der Waals surface area contributed by atoms with Gasteiger partial charge in [-0.25, -0.2) is 0 Å². The largest absolute Gasteiger partial charge is 0.506 e. The Kier molecular flexibility index (Phi) is 3.19. The number of amides is 1. The molecule has 0 saturated carbocycles. The summed E-state index contributed by atoms with van der Waals surface area (Å²) in [5.74, 6) is -0.208. The molecule has 0 aliphatic carbocycles. The highest BCUT2D eigenvalue weighted by Crippen LogP contribution is 2.29. The molecule has 1 saturated heterocycles. The standard InChI is InChI=1S/C13H15N3O2/c1-13(8-14)3-2-4-16(9-13)12(18)10-5-11(17)7-15-6-10/h5-7,17H,2-4,9H2,1H3/t13-/m1/s1. The van der Waals surface area contributed by atoms with Crippen molar-refractivity contribution in [3.05, 3.63) is 24.0 Å². The van der Waals surface area contributed by atoms with Gasteiger partial charge in [-0.2, -0.15) is 5.26 Å². The van der Waals surface area contributed by atoms with E-state index in [0.717, 1.165) is 12.8 Å². The monoisotopic (exact) mass is 245 g/mol. The molecule has 1 amide bonds. The Hall–Kier alpha value is -2.09. The van der Waals surface area contributed by atoms with Crippen LogP contribution in [0.5, 0.6) is 5.75 Å². The molecule has 0 unspecified atom stereocenters. The maximum Gasteiger partial charge on any atom is 0.255 e. The van der Waals surface area contributed by atoms with Crippen molar-refractivity contribution in [3.63, 3.8) is 0 Å². The molecule has 2 rings (SSSR count). The SMILES string of the molecule is C[C@]1(C#N)CCCN(C(=O)c2cncc(O)c2)C1. The molecule has 5 nitrogen and oxygen atoms in total. The van der Waals surface area contributed by atoms with Crippen LogP contribution in [-0.4, -0.2) is 34.0 Å². The van der Waals surface area contributed by atoms with Crippen LogP contribution < -0.4 is 0 Å². The summed E-state index contributed by atoms with van der Waals surface area (Å²) in [5.41, 5.74) is -0.116. The van der Waals surface area contributed by atoms with Gasteiger partial charge in [-0.3, -0.25) is 9.78 Å². The van der Waals surface area contributed by atoms with Gasteiger partial charge in [0.15, 0.2) is 0 Å². The quantitative estimate of drug-likeness (QED) is 0.814. The fourth-order valence-corrected chi connectivity index (χ4v) is 2.23. The summed E-state index contributed by atoms with van der Waals surface area (Å²) in [7, 11) is 0. The molecule has 18 heavy (non-hydrogen) atoms. The second-order valence-electron chi connectivity index (χ2n) is 4.93. The number of pyridine rings is 1. The van der Waals surface area contributed by atoms with E-state index in [-0.39, 0.29) is 11.7 Å². The summed E-state index contributed by atoms with van der Waals surface area (Å²) in [6, 6.07) is 3.67. The second-order valence-corrected chi connectivity index (χ2v) is 4.93. The Morgan fingerprint density at radius 1 is 1.61 bits per heavy atom. The first kappa shape index (κ1) is 12.4. The van der Waals surface area contributed by atoms with Gasteiger partial charge in [-0.15, -0.1) is 0 Å². The molecule has 1 fully saturated rings. The maximum atomic E-state index is 12.2. The molecule has 1 aliphatic rings. The first-order valence-corrected chi connectivity index (χ1v) is 5.89. The smallest absolute Gasteiger partial charge is 0.255 e. The predicted molar refractivity (Wildman–Crippen MR) is 64.8 cm³/mol. The third-order valence-corrected chi connectivity index (χ3v) is 3.22. The number of hydrogen-bond donors (Lipinski definition) is 1. The summed E-state index contributed by atoms with van der Waals surface area (Å²) in [5, 5.41) is 18.4. The lowest BCUT2D eigenvalue weighted by molar-refractivity contribution is 0.0629. The van der Waals surface area contributed by atoms with Crippen LogP contribution in [0.15, 0.2) is 18.5 Å². The van der Waals surface area contributed by atoms with Gasteiger partial charge in [0.1, 0.15) is 5.75 Å². The molecule has 1 aromatic rings. The van der Waals surface area contributed by atoms with Gasteiger partial charge in [0.05, 0.1) is 23.2 Å². The number of nitriles is 1. The number of carbonyl (C=O) groups excluding carboxylic acids is 1. The lowest BCUT2D eigenvalue weighted by atomic mass is 9.83. The van der Waals surface area contributed by atoms with Crippen LogP contribution in [0.3, 0.4) is 0 Å². The Morgan fingerprint density at radius 2 is 2.39 bits per heavy atom. The van der Waals surface area contributed by atoms with E-state index in [9.17, 15) is 9.90 Å². The zero-order valence-electron chi connectivity index (χ0n) is 10.3. The van der Waals surface area contributed by atoms with Crippen LogP contribution in [0.2, 0.25) is 0 Å². The van der Waals surface area contributed by atoms with Gasteiger partial charge in [-0.05, 0) is 25.8 Å². The summed E-state index contributed by atoms with van der Waals surface area (Å²) in [6.07, 6.45) is 4.35. The van der Waals surface area contributed by atoms with Gasteiger partial charge in [0.25, 0.3) is 5.91 Å². The highest BCUT2D eigenvalue weighted by Gasteiger charge is 2.33. The average molecular weight is 245 g/mol. The molecule has 5 heteroatoms. The first-order valence-electron chi connectivity index (χ1n) is 5.89. The molecule has 1 aromatic heterocycles. The normalized spacial score (nSPS) is 23.4. The molecule has 94 valence electrons. The Balaban J connectivity index is 2.17. The fraction of sp³-hybridized carbons (Fsp3) is 0.462. The average Bonchev–Trinajstić information content (AvgIpc) is 2.38. The van der Waals surface area contributed by atoms with E-state index in [2.05, 4.69) is 11.1 Å². The van der Waals surface area contributed by atoms with Crippen molar-refractivity contribution >= 4 is 5.91 Å². The maximum absolute atomic E-state index is 12.2. The van der Waals surface area contributed by atoms with Crippen molar-refractivity contribution in [1.29, 1.82) is 5.26 Å². The number of rotatable bonds is 1. The third-order valence-electron chi connectivity index (χ3n) is 3.22. The summed E-state index contributed by atoms with van der Waals surface area (Å²) >= 11 is 0. The van der Waals surface area contributed by atoms with Gasteiger partial charge in [0, 0.05) is 19.3 Å². The van der Waals surface area contributed by atoms with E-state index in [1.54, 1.807) is 4.90 Å². The van der Waals surface area contributed by atoms with E-state index in [1.807, 2.05) is 6.92 Å². The molecule has 0 bridgehead atoms. The number of aromatic nitrogens is 1. The van der Waals surface area contributed by atoms with Crippen LogP contribution in [0.25, 0.3) is 0 Å². The van der Waals surface area contributed by atoms with E-state index in [1.165, 1.54) is 18.5 Å². The Labute approximate surface area is 106 Å². The van der Waals surface area contributed by atoms with Gasteiger partial charge in [0.2, 0.25) is 0 Å². The zero-order chi connectivity index (χ0) is 13.2. The zero-order valence-corrected chi connectivity index (χ0v) is 10.3. The van der Waals surface area contributed by atoms with E-state index in [0.29, 0.717) is 18.7 Å². The van der Waals surface area contributed by atoms with Crippen molar-refractivity contribution < 1.29 is 9.90 Å². The fourth-order valence-electron chi connectivity index (χ4n) is 2.23. The van der Waals surface area contributed by atoms with Crippen molar-refractivity contribution in [3.8, 4) is 11.8 Å². The Morgan fingerprint density at radius 3 is 3.06 bits per heavy atom. The Bertz CT molecular complexity index is 509. The summed E-state index contributed by atoms with van der Waals surface area (Å²) < 4.78 is 0. The topological polar surface area (TPSA) is 77.2 Å². The van der Waals surface area contributed by atoms with Gasteiger partial charge in [-0.1, -0.05) is 0 Å². The highest BCUT2D eigenvalue weighted by atomic mass is 16.3. The van der Waals surface area contributed by atoms with Gasteiger partial charge >= 0.3 is 0 Å². The van der Waals surface area contributed by atoms with E-state index in [4.69, 9.17) is 5.26 Å². The molecular formula is C13H15N3O2. The van der Waals surface area contributed by atoms with Crippen molar-refractivity contribution in [1.82, 2.24) is 9.88 Å². The minimum absolute atomic E-state index is 0.0269. The predicted octanol–water partition coefficient (Wildman–Crippen LogP) is 1.55. The summed E-state index contributed by atoms with van der Waals surface area (Å²) in [6.45, 7) is 2.94. The van der Waals surface area contributed by atoms with Crippen LogP contribution in [0.4, 0.5) is 0 Å². The number of carbonyl (C=O) groups is 1. The highest BCUT2D eigenvalue weighted by molar-refractivity contribution is 5.94. The number of nitrogens with zero attached hydrogens (tertiary/aromatic N) is 3. The molecule has 0 spiro atoms. The molecule has 2 heterocycles. The van der Waals surface area contributed by atoms with E-state index >= 15 is 0 Å². The molecule has 0 aromatic carbocycles. The second kappa shape index (κ2) is 4.65. The van der Waals surface area contributed by atoms with Crippen LogP contribution >= 0.6 is 0 Å². The number of piperidine rings is 1. The van der Waals surface area contributed by atoms with Crippen molar-refractivity contribution in [2.24, 2.45) is 5.41 Å². The molecule has 1 atom stereocenters. The van der Waals surface area contributed by atoms with Crippen LogP contribution in [-0.2, 0) is 0 Å². The molecule has 1 aliphatic heterocycles. The van der Waals surface area contributed by atoms with E-state index < -0.39 is 5.41 Å². The minimum atomic E-state index is -0.474. The number of likely N-dealkylation sites (tertiary alicyclic amines) is 1. The van der Waals surface area contributed by atoms with Crippen molar-refractivity contribution in [2.75, 3.05) is 13.1 Å². The van der Waals surface area contributed by atoms with Crippen LogP contribution in [0, 0.1) is 16.7 Å². The molecular weight excluding hydrogens is 230 g/mol.